The van der Waals surface area contributed by atoms with Crippen LogP contribution >= 0.6 is 0 Å². The Labute approximate surface area is 367 Å². The van der Waals surface area contributed by atoms with Gasteiger partial charge in [-0.2, -0.15) is 19.9 Å². The van der Waals surface area contributed by atoms with Crippen LogP contribution in [-0.2, 0) is 12.8 Å². The molecule has 8 heteroatoms. The Morgan fingerprint density at radius 2 is 0.750 bits per heavy atom. The van der Waals surface area contributed by atoms with E-state index in [4.69, 9.17) is 29.9 Å². The highest BCUT2D eigenvalue weighted by atomic mass is 15.2. The fourth-order valence-corrected chi connectivity index (χ4v) is 9.63. The highest BCUT2D eigenvalue weighted by Gasteiger charge is 2.27. The molecular weight excluding hydrogens is 785 g/mol. The molecule has 1 aliphatic rings. The summed E-state index contributed by atoms with van der Waals surface area (Å²) in [6.45, 7) is 0. The zero-order valence-corrected chi connectivity index (χ0v) is 34.5. The molecule has 1 aliphatic carbocycles. The van der Waals surface area contributed by atoms with E-state index in [1.54, 1.807) is 0 Å². The van der Waals surface area contributed by atoms with Crippen molar-refractivity contribution in [3.63, 3.8) is 0 Å². The van der Waals surface area contributed by atoms with E-state index in [2.05, 4.69) is 130 Å². The van der Waals surface area contributed by atoms with Crippen molar-refractivity contribution in [1.29, 1.82) is 0 Å². The topological polar surface area (TPSA) is 87.2 Å². The van der Waals surface area contributed by atoms with Crippen LogP contribution in [0.2, 0.25) is 0 Å². The molecule has 0 radical (unpaired) electrons. The van der Waals surface area contributed by atoms with Crippen LogP contribution in [0, 0.1) is 0 Å². The number of aryl methyl sites for hydroxylation is 2. The predicted octanol–water partition coefficient (Wildman–Crippen LogP) is 12.7. The molecule has 0 bridgehead atoms. The van der Waals surface area contributed by atoms with Crippen LogP contribution < -0.4 is 0 Å². The van der Waals surface area contributed by atoms with Crippen LogP contribution in [0.15, 0.2) is 194 Å². The summed E-state index contributed by atoms with van der Waals surface area (Å²) in [5, 5.41) is 4.65. The molecule has 0 spiro atoms. The number of benzene rings is 8. The molecule has 0 amide bonds. The maximum Gasteiger partial charge on any atom is 0.238 e. The normalized spacial score (nSPS) is 12.2. The molecule has 8 nitrogen and oxygen atoms in total. The summed E-state index contributed by atoms with van der Waals surface area (Å²) in [5.41, 5.74) is 13.0. The molecule has 0 fully saturated rings. The third-order valence-electron chi connectivity index (χ3n) is 12.5. The summed E-state index contributed by atoms with van der Waals surface area (Å²) in [6, 6.07) is 67.2. The van der Waals surface area contributed by atoms with Crippen LogP contribution in [0.1, 0.15) is 11.1 Å². The number of hydrogen-bond donors (Lipinski definition) is 0. The monoisotopic (exact) mass is 820 g/mol. The Bertz CT molecular complexity index is 3640. The van der Waals surface area contributed by atoms with Crippen molar-refractivity contribution in [1.82, 2.24) is 39.0 Å². The second kappa shape index (κ2) is 14.5. The van der Waals surface area contributed by atoms with Crippen molar-refractivity contribution >= 4 is 43.6 Å². The van der Waals surface area contributed by atoms with Gasteiger partial charge in [0.1, 0.15) is 0 Å². The number of hydrogen-bond acceptors (Lipinski definition) is 6. The number of para-hydroxylation sites is 2. The zero-order chi connectivity index (χ0) is 42.1. The van der Waals surface area contributed by atoms with Gasteiger partial charge in [0, 0.05) is 43.8 Å². The van der Waals surface area contributed by atoms with Gasteiger partial charge in [-0.25, -0.2) is 9.97 Å². The summed E-state index contributed by atoms with van der Waals surface area (Å²) >= 11 is 0. The van der Waals surface area contributed by atoms with Gasteiger partial charge in [-0.05, 0) is 59.4 Å². The van der Waals surface area contributed by atoms with Gasteiger partial charge < -0.3 is 0 Å². The van der Waals surface area contributed by atoms with Gasteiger partial charge in [0.05, 0.1) is 22.1 Å². The fraction of sp³-hybridized carbons (Fsp3) is 0.0357. The van der Waals surface area contributed by atoms with Crippen molar-refractivity contribution in [2.24, 2.45) is 0 Å². The molecule has 300 valence electrons. The fourth-order valence-electron chi connectivity index (χ4n) is 9.63. The first kappa shape index (κ1) is 36.1. The van der Waals surface area contributed by atoms with Crippen LogP contribution in [0.5, 0.6) is 0 Å². The lowest BCUT2D eigenvalue weighted by molar-refractivity contribution is 0.920. The molecule has 0 aliphatic heterocycles. The first-order valence-electron chi connectivity index (χ1n) is 21.6. The predicted molar refractivity (Wildman–Crippen MR) is 256 cm³/mol. The van der Waals surface area contributed by atoms with Gasteiger partial charge in [0.15, 0.2) is 23.3 Å². The van der Waals surface area contributed by atoms with Crippen LogP contribution in [0.3, 0.4) is 0 Å². The highest BCUT2D eigenvalue weighted by molar-refractivity contribution is 6.14. The lowest BCUT2D eigenvalue weighted by Gasteiger charge is -2.22. The lowest BCUT2D eigenvalue weighted by Crippen LogP contribution is -2.10. The Balaban J connectivity index is 1.06. The van der Waals surface area contributed by atoms with E-state index < -0.39 is 0 Å². The molecule has 8 aromatic carbocycles. The van der Waals surface area contributed by atoms with Gasteiger partial charge in [-0.15, -0.1) is 0 Å². The van der Waals surface area contributed by atoms with E-state index in [0.29, 0.717) is 35.2 Å². The SMILES string of the molecule is c1ccc(-c2nc(-c3ccccc3)nc(-n3c4ccccc4c4cc5c(cc43)-c3ccc4c6ccccc6n(-c6nc(-c7ccccc7)nc(-c7ccccc7)n6)c4c3CC5)n2)cc1. The quantitative estimate of drug-likeness (QED) is 0.166. The molecule has 0 N–H and O–H groups in total. The molecular formula is C56H36N8. The average molecular weight is 821 g/mol. The summed E-state index contributed by atoms with van der Waals surface area (Å²) in [5.74, 6) is 3.67. The average Bonchev–Trinajstić information content (AvgIpc) is 3.89. The van der Waals surface area contributed by atoms with Gasteiger partial charge in [0.2, 0.25) is 11.9 Å². The third-order valence-corrected chi connectivity index (χ3v) is 12.5. The number of nitrogens with zero attached hydrogens (tertiary/aromatic N) is 8. The van der Waals surface area contributed by atoms with E-state index in [0.717, 1.165) is 67.9 Å². The second-order valence-corrected chi connectivity index (χ2v) is 16.2. The Hall–Kier alpha value is -8.62. The molecule has 64 heavy (non-hydrogen) atoms. The minimum Gasteiger partial charge on any atom is -0.278 e. The van der Waals surface area contributed by atoms with Crippen molar-refractivity contribution in [3.8, 4) is 68.6 Å². The Morgan fingerprint density at radius 3 is 1.27 bits per heavy atom. The highest BCUT2D eigenvalue weighted by Crippen LogP contribution is 2.45. The van der Waals surface area contributed by atoms with Crippen LogP contribution in [-0.4, -0.2) is 39.0 Å². The third kappa shape index (κ3) is 5.77. The molecule has 12 aromatic rings. The first-order chi connectivity index (χ1) is 31.7. The molecule has 13 rings (SSSR count). The Morgan fingerprint density at radius 1 is 0.312 bits per heavy atom. The largest absolute Gasteiger partial charge is 0.278 e. The van der Waals surface area contributed by atoms with E-state index >= 15 is 0 Å². The summed E-state index contributed by atoms with van der Waals surface area (Å²) in [7, 11) is 0. The van der Waals surface area contributed by atoms with Gasteiger partial charge in [-0.1, -0.05) is 170 Å². The van der Waals surface area contributed by atoms with Crippen molar-refractivity contribution in [2.75, 3.05) is 0 Å². The molecule has 0 saturated carbocycles. The number of aromatic nitrogens is 8. The van der Waals surface area contributed by atoms with Gasteiger partial charge in [0.25, 0.3) is 0 Å². The minimum atomic E-state index is 0.573. The summed E-state index contributed by atoms with van der Waals surface area (Å²) in [4.78, 5) is 31.0. The number of rotatable bonds is 6. The molecule has 0 unspecified atom stereocenters. The Kier molecular flexibility index (Phi) is 8.17. The lowest BCUT2D eigenvalue weighted by atomic mass is 9.83. The van der Waals surface area contributed by atoms with Gasteiger partial charge in [-0.3, -0.25) is 9.13 Å². The van der Waals surface area contributed by atoms with Gasteiger partial charge >= 0.3 is 0 Å². The molecule has 4 aromatic heterocycles. The van der Waals surface area contributed by atoms with E-state index in [1.807, 2.05) is 72.8 Å². The van der Waals surface area contributed by atoms with E-state index in [9.17, 15) is 0 Å². The van der Waals surface area contributed by atoms with Crippen molar-refractivity contribution < 1.29 is 0 Å². The van der Waals surface area contributed by atoms with Crippen molar-refractivity contribution in [3.05, 3.63) is 205 Å². The first-order valence-corrected chi connectivity index (χ1v) is 21.6. The van der Waals surface area contributed by atoms with E-state index in [1.165, 1.54) is 33.0 Å². The maximum atomic E-state index is 5.25. The van der Waals surface area contributed by atoms with Crippen LogP contribution in [0.4, 0.5) is 0 Å². The van der Waals surface area contributed by atoms with Crippen molar-refractivity contribution in [2.45, 2.75) is 12.8 Å². The smallest absolute Gasteiger partial charge is 0.238 e. The second-order valence-electron chi connectivity index (χ2n) is 16.2. The maximum absolute atomic E-state index is 5.25. The van der Waals surface area contributed by atoms with Crippen LogP contribution in [0.25, 0.3) is 112 Å². The zero-order valence-electron chi connectivity index (χ0n) is 34.5. The standard InChI is InChI=1S/C56H36N8/c1-5-17-35(18-6-1)51-57-52(36-19-7-2-8-20-36)60-55(59-51)63-47-27-15-14-26-42(47)46-33-39-29-30-43-40(45(39)34-49(46)63)31-32-44-41-25-13-16-28-48(41)64(50(43)44)56-61-53(37-21-9-3-10-22-37)58-54(62-56)38-23-11-4-12-24-38/h1-28,31-34H,29-30H2. The van der Waals surface area contributed by atoms with E-state index in [-0.39, 0.29) is 0 Å². The summed E-state index contributed by atoms with van der Waals surface area (Å²) in [6.07, 6.45) is 1.73. The summed E-state index contributed by atoms with van der Waals surface area (Å²) < 4.78 is 4.49. The minimum absolute atomic E-state index is 0.573. The molecule has 0 atom stereocenters. The molecule has 4 heterocycles. The molecule has 0 saturated heterocycles. The number of fused-ring (bicyclic) bond motifs is 10.